The van der Waals surface area contributed by atoms with Crippen LogP contribution in [0.25, 0.3) is 0 Å². The largest absolute Gasteiger partial charge is 0.492 e. The van der Waals surface area contributed by atoms with E-state index in [0.717, 1.165) is 11.3 Å². The molecule has 0 bridgehead atoms. The molecule has 1 saturated heterocycles. The third kappa shape index (κ3) is 4.51. The Balaban J connectivity index is 1.41. The Hall–Kier alpha value is -2.44. The van der Waals surface area contributed by atoms with Crippen LogP contribution < -0.4 is 20.9 Å². The van der Waals surface area contributed by atoms with Crippen LogP contribution in [0.3, 0.4) is 0 Å². The topological polar surface area (TPSA) is 75.3 Å². The van der Waals surface area contributed by atoms with Gasteiger partial charge in [-0.15, -0.1) is 0 Å². The number of hydrazine groups is 1. The van der Waals surface area contributed by atoms with Gasteiger partial charge in [0, 0.05) is 18.9 Å². The second-order valence-electron chi connectivity index (χ2n) is 5.48. The van der Waals surface area contributed by atoms with Crippen LogP contribution in [-0.4, -0.2) is 29.6 Å². The minimum atomic E-state index is -0.254. The molecular formula is C17H20N4O2. The molecule has 120 valence electrons. The maximum absolute atomic E-state index is 12.2. The molecule has 3 rings (SSSR count). The molecule has 1 amide bonds. The van der Waals surface area contributed by atoms with E-state index in [1.54, 1.807) is 12.4 Å². The number of amides is 1. The number of hydrogen-bond acceptors (Lipinski definition) is 5. The van der Waals surface area contributed by atoms with E-state index in [1.807, 2.05) is 42.5 Å². The number of pyridine rings is 1. The fraction of sp³-hybridized carbons (Fsp3) is 0.294. The van der Waals surface area contributed by atoms with Crippen molar-refractivity contribution in [2.24, 2.45) is 0 Å². The van der Waals surface area contributed by atoms with E-state index in [-0.39, 0.29) is 18.0 Å². The van der Waals surface area contributed by atoms with Crippen LogP contribution in [0, 0.1) is 0 Å². The Bertz CT molecular complexity index is 621. The van der Waals surface area contributed by atoms with E-state index in [9.17, 15) is 4.79 Å². The minimum Gasteiger partial charge on any atom is -0.492 e. The maximum Gasteiger partial charge on any atom is 0.238 e. The summed E-state index contributed by atoms with van der Waals surface area (Å²) in [5.41, 5.74) is 7.11. The van der Waals surface area contributed by atoms with Gasteiger partial charge in [-0.05, 0) is 30.2 Å². The number of para-hydroxylation sites is 1. The number of rotatable bonds is 6. The third-order valence-corrected chi connectivity index (χ3v) is 3.68. The van der Waals surface area contributed by atoms with Gasteiger partial charge in [-0.25, -0.2) is 5.43 Å². The first-order valence-corrected chi connectivity index (χ1v) is 7.67. The van der Waals surface area contributed by atoms with Crippen molar-refractivity contribution in [3.8, 4) is 5.75 Å². The lowest BCUT2D eigenvalue weighted by Gasteiger charge is -2.11. The first-order chi connectivity index (χ1) is 11.3. The Kier molecular flexibility index (Phi) is 5.18. The Morgan fingerprint density at radius 1 is 1.22 bits per heavy atom. The second-order valence-corrected chi connectivity index (χ2v) is 5.48. The molecule has 0 saturated carbocycles. The van der Waals surface area contributed by atoms with Crippen LogP contribution in [0.4, 0.5) is 0 Å². The van der Waals surface area contributed by atoms with Crippen LogP contribution >= 0.6 is 0 Å². The molecule has 0 spiro atoms. The summed E-state index contributed by atoms with van der Waals surface area (Å²) in [6, 6.07) is 13.3. The molecule has 1 aromatic heterocycles. The van der Waals surface area contributed by atoms with Crippen molar-refractivity contribution in [2.45, 2.75) is 25.0 Å². The Labute approximate surface area is 135 Å². The highest BCUT2D eigenvalue weighted by atomic mass is 16.5. The van der Waals surface area contributed by atoms with Gasteiger partial charge in [-0.3, -0.25) is 15.2 Å². The van der Waals surface area contributed by atoms with Crippen molar-refractivity contribution in [3.63, 3.8) is 0 Å². The van der Waals surface area contributed by atoms with Crippen LogP contribution in [-0.2, 0) is 11.3 Å². The maximum atomic E-state index is 12.2. The van der Waals surface area contributed by atoms with Crippen LogP contribution in [0.15, 0.2) is 54.9 Å². The lowest BCUT2D eigenvalue weighted by molar-refractivity contribution is -0.123. The van der Waals surface area contributed by atoms with E-state index in [0.29, 0.717) is 19.6 Å². The van der Waals surface area contributed by atoms with Gasteiger partial charge in [0.25, 0.3) is 0 Å². The van der Waals surface area contributed by atoms with Crippen LogP contribution in [0.2, 0.25) is 0 Å². The normalized spacial score (nSPS) is 20.2. The third-order valence-electron chi connectivity index (χ3n) is 3.68. The predicted octanol–water partition coefficient (Wildman–Crippen LogP) is 1.01. The first-order valence-electron chi connectivity index (χ1n) is 7.67. The van der Waals surface area contributed by atoms with Crippen LogP contribution in [0.5, 0.6) is 5.75 Å². The molecule has 2 unspecified atom stereocenters. The predicted molar refractivity (Wildman–Crippen MR) is 86.5 cm³/mol. The number of carbonyl (C=O) groups excluding carboxylic acids is 1. The van der Waals surface area contributed by atoms with Crippen molar-refractivity contribution in [1.82, 2.24) is 21.2 Å². The summed E-state index contributed by atoms with van der Waals surface area (Å²) >= 11 is 0. The molecule has 0 radical (unpaired) electrons. The van der Waals surface area contributed by atoms with E-state index in [2.05, 4.69) is 21.2 Å². The number of benzene rings is 1. The molecule has 0 aliphatic carbocycles. The molecule has 3 N–H and O–H groups in total. The van der Waals surface area contributed by atoms with E-state index in [4.69, 9.17) is 4.74 Å². The molecule has 1 aromatic carbocycles. The van der Waals surface area contributed by atoms with E-state index >= 15 is 0 Å². The van der Waals surface area contributed by atoms with Crippen molar-refractivity contribution in [2.75, 3.05) is 6.61 Å². The standard InChI is InChI=1S/C17H20N4O2/c22-17(19-11-13-5-4-8-18-10-13)16-9-14(20-21-16)12-23-15-6-2-1-3-7-15/h1-8,10,14,16,20-21H,9,11-12H2,(H,19,22). The monoisotopic (exact) mass is 312 g/mol. The highest BCUT2D eigenvalue weighted by Crippen LogP contribution is 2.11. The molecule has 1 aliphatic heterocycles. The quantitative estimate of drug-likeness (QED) is 0.742. The molecule has 23 heavy (non-hydrogen) atoms. The number of aromatic nitrogens is 1. The molecule has 1 fully saturated rings. The van der Waals surface area contributed by atoms with Gasteiger partial charge >= 0.3 is 0 Å². The molecule has 1 aliphatic rings. The molecule has 6 heteroatoms. The average Bonchev–Trinajstić information content (AvgIpc) is 3.09. The van der Waals surface area contributed by atoms with Gasteiger partial charge in [0.05, 0.1) is 6.04 Å². The van der Waals surface area contributed by atoms with Gasteiger partial charge in [-0.1, -0.05) is 24.3 Å². The van der Waals surface area contributed by atoms with Gasteiger partial charge in [-0.2, -0.15) is 0 Å². The summed E-state index contributed by atoms with van der Waals surface area (Å²) in [6.07, 6.45) is 4.15. The zero-order valence-electron chi connectivity index (χ0n) is 12.7. The number of ether oxygens (including phenoxy) is 1. The fourth-order valence-electron chi connectivity index (χ4n) is 2.43. The molecular weight excluding hydrogens is 292 g/mol. The number of hydrogen-bond donors (Lipinski definition) is 3. The summed E-state index contributed by atoms with van der Waals surface area (Å²) < 4.78 is 5.70. The highest BCUT2D eigenvalue weighted by molar-refractivity contribution is 5.82. The van der Waals surface area contributed by atoms with Crippen molar-refractivity contribution in [3.05, 3.63) is 60.4 Å². The summed E-state index contributed by atoms with van der Waals surface area (Å²) in [5, 5.41) is 2.91. The van der Waals surface area contributed by atoms with E-state index in [1.165, 1.54) is 0 Å². The minimum absolute atomic E-state index is 0.0245. The van der Waals surface area contributed by atoms with Crippen molar-refractivity contribution < 1.29 is 9.53 Å². The molecule has 2 heterocycles. The molecule has 6 nitrogen and oxygen atoms in total. The smallest absolute Gasteiger partial charge is 0.238 e. The molecule has 2 aromatic rings. The summed E-state index contributed by atoms with van der Waals surface area (Å²) in [7, 11) is 0. The number of nitrogens with zero attached hydrogens (tertiary/aromatic N) is 1. The summed E-state index contributed by atoms with van der Waals surface area (Å²) in [6.45, 7) is 0.999. The fourth-order valence-corrected chi connectivity index (χ4v) is 2.43. The lowest BCUT2D eigenvalue weighted by atomic mass is 10.1. The SMILES string of the molecule is O=C(NCc1cccnc1)C1CC(COc2ccccc2)NN1. The van der Waals surface area contributed by atoms with Gasteiger partial charge in [0.15, 0.2) is 0 Å². The van der Waals surface area contributed by atoms with Crippen molar-refractivity contribution >= 4 is 5.91 Å². The summed E-state index contributed by atoms with van der Waals surface area (Å²) in [4.78, 5) is 16.2. The van der Waals surface area contributed by atoms with E-state index < -0.39 is 0 Å². The number of carbonyl (C=O) groups is 1. The first kappa shape index (κ1) is 15.5. The second kappa shape index (κ2) is 7.71. The number of nitrogens with one attached hydrogen (secondary N) is 3. The average molecular weight is 312 g/mol. The van der Waals surface area contributed by atoms with Crippen LogP contribution in [0.1, 0.15) is 12.0 Å². The summed E-state index contributed by atoms with van der Waals surface area (Å²) in [5.74, 6) is 0.808. The zero-order chi connectivity index (χ0) is 15.9. The Morgan fingerprint density at radius 3 is 2.87 bits per heavy atom. The van der Waals surface area contributed by atoms with Crippen molar-refractivity contribution in [1.29, 1.82) is 0 Å². The van der Waals surface area contributed by atoms with Gasteiger partial charge in [0.2, 0.25) is 5.91 Å². The Morgan fingerprint density at radius 2 is 2.09 bits per heavy atom. The molecule has 2 atom stereocenters. The van der Waals surface area contributed by atoms with Gasteiger partial charge in [0.1, 0.15) is 18.4 Å². The lowest BCUT2D eigenvalue weighted by Crippen LogP contribution is -2.43. The van der Waals surface area contributed by atoms with Gasteiger partial charge < -0.3 is 10.1 Å². The highest BCUT2D eigenvalue weighted by Gasteiger charge is 2.29. The zero-order valence-corrected chi connectivity index (χ0v) is 12.7.